The molecule has 0 aliphatic rings. The fourth-order valence-electron chi connectivity index (χ4n) is 1.86. The summed E-state index contributed by atoms with van der Waals surface area (Å²) in [7, 11) is 0. The largest absolute Gasteiger partial charge is 0.398 e. The number of hydrogen-bond acceptors (Lipinski definition) is 4. The molecule has 18 heavy (non-hydrogen) atoms. The number of thiazole rings is 1. The van der Waals surface area contributed by atoms with Crippen LogP contribution in [0.2, 0.25) is 0 Å². The third-order valence-electron chi connectivity index (χ3n) is 2.87. The number of hydrogen-bond donors (Lipinski definition) is 2. The lowest BCUT2D eigenvalue weighted by molar-refractivity contribution is 1.16. The summed E-state index contributed by atoms with van der Waals surface area (Å²) in [5, 5.41) is 3.38. The summed E-state index contributed by atoms with van der Waals surface area (Å²) >= 11 is 1.65. The van der Waals surface area contributed by atoms with Crippen molar-refractivity contribution in [2.45, 2.75) is 6.54 Å². The topological polar surface area (TPSA) is 50.9 Å². The van der Waals surface area contributed by atoms with Crippen molar-refractivity contribution in [2.24, 2.45) is 0 Å². The normalized spacial score (nSPS) is 10.7. The summed E-state index contributed by atoms with van der Waals surface area (Å²) in [4.78, 5) is 4.26. The van der Waals surface area contributed by atoms with Gasteiger partial charge in [0.2, 0.25) is 0 Å². The molecule has 0 amide bonds. The molecule has 3 rings (SSSR count). The molecule has 3 nitrogen and oxygen atoms in total. The van der Waals surface area contributed by atoms with E-state index in [1.807, 2.05) is 41.9 Å². The minimum atomic E-state index is 0.733. The van der Waals surface area contributed by atoms with E-state index < -0.39 is 0 Å². The van der Waals surface area contributed by atoms with Gasteiger partial charge in [0.25, 0.3) is 0 Å². The molecule has 1 aromatic heterocycles. The molecule has 90 valence electrons. The number of fused-ring (bicyclic) bond motifs is 1. The van der Waals surface area contributed by atoms with Crippen LogP contribution in [0.15, 0.2) is 48.0 Å². The van der Waals surface area contributed by atoms with Crippen molar-refractivity contribution >= 4 is 32.9 Å². The lowest BCUT2D eigenvalue weighted by Crippen LogP contribution is -2.02. The first-order chi connectivity index (χ1) is 8.83. The minimum Gasteiger partial charge on any atom is -0.398 e. The zero-order chi connectivity index (χ0) is 12.4. The summed E-state index contributed by atoms with van der Waals surface area (Å²) in [5.74, 6) is 0. The molecule has 0 atom stereocenters. The van der Waals surface area contributed by atoms with Crippen LogP contribution < -0.4 is 11.1 Å². The molecule has 0 saturated carbocycles. The molecule has 4 heteroatoms. The highest BCUT2D eigenvalue weighted by molar-refractivity contribution is 7.16. The van der Waals surface area contributed by atoms with Crippen LogP contribution in [0.1, 0.15) is 5.56 Å². The van der Waals surface area contributed by atoms with Crippen molar-refractivity contribution in [1.29, 1.82) is 0 Å². The Balaban J connectivity index is 1.78. The van der Waals surface area contributed by atoms with Gasteiger partial charge in [-0.25, -0.2) is 4.98 Å². The van der Waals surface area contributed by atoms with E-state index >= 15 is 0 Å². The Bertz CT molecular complexity index is 675. The van der Waals surface area contributed by atoms with Crippen molar-refractivity contribution in [3.63, 3.8) is 0 Å². The Morgan fingerprint density at radius 1 is 1.17 bits per heavy atom. The maximum Gasteiger partial charge on any atom is 0.0813 e. The molecule has 3 aromatic rings. The van der Waals surface area contributed by atoms with Crippen LogP contribution in [-0.4, -0.2) is 4.98 Å². The summed E-state index contributed by atoms with van der Waals surface area (Å²) < 4.78 is 1.20. The molecule has 0 aliphatic carbocycles. The van der Waals surface area contributed by atoms with Gasteiger partial charge in [-0.15, -0.1) is 11.3 Å². The van der Waals surface area contributed by atoms with E-state index in [2.05, 4.69) is 16.4 Å². The molecule has 0 aliphatic heterocycles. The number of nitrogens with one attached hydrogen (secondary N) is 1. The van der Waals surface area contributed by atoms with E-state index in [1.165, 1.54) is 4.70 Å². The lowest BCUT2D eigenvalue weighted by Gasteiger charge is -2.08. The Morgan fingerprint density at radius 2 is 2.06 bits per heavy atom. The fourth-order valence-corrected chi connectivity index (χ4v) is 2.57. The lowest BCUT2D eigenvalue weighted by atomic mass is 10.2. The summed E-state index contributed by atoms with van der Waals surface area (Å²) in [6.07, 6.45) is 0. The molecule has 0 spiro atoms. The highest BCUT2D eigenvalue weighted by Gasteiger charge is 2.00. The van der Waals surface area contributed by atoms with Crippen LogP contribution in [0, 0.1) is 0 Å². The Kier molecular flexibility index (Phi) is 2.86. The second kappa shape index (κ2) is 4.66. The van der Waals surface area contributed by atoms with Gasteiger partial charge in [0.15, 0.2) is 0 Å². The SMILES string of the molecule is Nc1ccccc1CNc1ccc2ncsc2c1. The number of anilines is 2. The molecular weight excluding hydrogens is 242 g/mol. The van der Waals surface area contributed by atoms with Gasteiger partial charge in [-0.2, -0.15) is 0 Å². The highest BCUT2D eigenvalue weighted by atomic mass is 32.1. The average molecular weight is 255 g/mol. The molecule has 2 aromatic carbocycles. The predicted octanol–water partition coefficient (Wildman–Crippen LogP) is 3.49. The van der Waals surface area contributed by atoms with Crippen LogP contribution in [0.5, 0.6) is 0 Å². The number of nitrogens with two attached hydrogens (primary N) is 1. The summed E-state index contributed by atoms with van der Waals surface area (Å²) in [6.45, 7) is 0.733. The van der Waals surface area contributed by atoms with Crippen molar-refractivity contribution in [3.8, 4) is 0 Å². The molecule has 0 radical (unpaired) electrons. The molecule has 3 N–H and O–H groups in total. The van der Waals surface area contributed by atoms with Crippen molar-refractivity contribution in [3.05, 3.63) is 53.5 Å². The highest BCUT2D eigenvalue weighted by Crippen LogP contribution is 2.22. The maximum atomic E-state index is 5.91. The van der Waals surface area contributed by atoms with Gasteiger partial charge in [0, 0.05) is 17.9 Å². The van der Waals surface area contributed by atoms with E-state index in [-0.39, 0.29) is 0 Å². The maximum absolute atomic E-state index is 5.91. The number of benzene rings is 2. The number of para-hydroxylation sites is 1. The fraction of sp³-hybridized carbons (Fsp3) is 0.0714. The van der Waals surface area contributed by atoms with Crippen LogP contribution in [0.4, 0.5) is 11.4 Å². The van der Waals surface area contributed by atoms with Gasteiger partial charge in [0.05, 0.1) is 15.7 Å². The third-order valence-corrected chi connectivity index (χ3v) is 3.66. The molecule has 0 fully saturated rings. The van der Waals surface area contributed by atoms with E-state index in [4.69, 9.17) is 5.73 Å². The Labute approximate surface area is 109 Å². The standard InChI is InChI=1S/C14H13N3S/c15-12-4-2-1-3-10(12)8-16-11-5-6-13-14(7-11)18-9-17-13/h1-7,9,16H,8,15H2. The first kappa shape index (κ1) is 11.0. The average Bonchev–Trinajstić information content (AvgIpc) is 2.85. The van der Waals surface area contributed by atoms with E-state index in [1.54, 1.807) is 11.3 Å². The van der Waals surface area contributed by atoms with Gasteiger partial charge in [-0.05, 0) is 29.8 Å². The Morgan fingerprint density at radius 3 is 2.94 bits per heavy atom. The zero-order valence-electron chi connectivity index (χ0n) is 9.76. The quantitative estimate of drug-likeness (QED) is 0.704. The second-order valence-corrected chi connectivity index (χ2v) is 4.97. The Hall–Kier alpha value is -2.07. The molecule has 0 bridgehead atoms. The van der Waals surface area contributed by atoms with Crippen molar-refractivity contribution in [1.82, 2.24) is 4.98 Å². The van der Waals surface area contributed by atoms with Gasteiger partial charge >= 0.3 is 0 Å². The van der Waals surface area contributed by atoms with Gasteiger partial charge in [0.1, 0.15) is 0 Å². The molecule has 1 heterocycles. The number of aromatic nitrogens is 1. The monoisotopic (exact) mass is 255 g/mol. The smallest absolute Gasteiger partial charge is 0.0813 e. The van der Waals surface area contributed by atoms with Crippen molar-refractivity contribution < 1.29 is 0 Å². The third kappa shape index (κ3) is 2.15. The van der Waals surface area contributed by atoms with E-state index in [0.717, 1.165) is 29.0 Å². The predicted molar refractivity (Wildman–Crippen MR) is 77.8 cm³/mol. The number of rotatable bonds is 3. The van der Waals surface area contributed by atoms with Gasteiger partial charge < -0.3 is 11.1 Å². The molecule has 0 unspecified atom stereocenters. The van der Waals surface area contributed by atoms with E-state index in [0.29, 0.717) is 0 Å². The summed E-state index contributed by atoms with van der Waals surface area (Å²) in [5.41, 5.74) is 11.9. The van der Waals surface area contributed by atoms with Crippen LogP contribution in [-0.2, 0) is 6.54 Å². The molecular formula is C14H13N3S. The van der Waals surface area contributed by atoms with Gasteiger partial charge in [-0.3, -0.25) is 0 Å². The minimum absolute atomic E-state index is 0.733. The second-order valence-electron chi connectivity index (χ2n) is 4.09. The van der Waals surface area contributed by atoms with Crippen LogP contribution >= 0.6 is 11.3 Å². The summed E-state index contributed by atoms with van der Waals surface area (Å²) in [6, 6.07) is 14.1. The first-order valence-corrected chi connectivity index (χ1v) is 6.61. The number of nitrogen functional groups attached to an aromatic ring is 1. The first-order valence-electron chi connectivity index (χ1n) is 5.73. The number of nitrogens with zero attached hydrogens (tertiary/aromatic N) is 1. The molecule has 0 saturated heterocycles. The van der Waals surface area contributed by atoms with Crippen LogP contribution in [0.3, 0.4) is 0 Å². The van der Waals surface area contributed by atoms with Gasteiger partial charge in [-0.1, -0.05) is 18.2 Å². The van der Waals surface area contributed by atoms with E-state index in [9.17, 15) is 0 Å². The van der Waals surface area contributed by atoms with Crippen molar-refractivity contribution in [2.75, 3.05) is 11.1 Å². The van der Waals surface area contributed by atoms with Crippen LogP contribution in [0.25, 0.3) is 10.2 Å². The zero-order valence-corrected chi connectivity index (χ0v) is 10.6.